The maximum atomic E-state index is 4.02. The highest BCUT2D eigenvalue weighted by Crippen LogP contribution is 2.39. The van der Waals surface area contributed by atoms with Crippen LogP contribution in [-0.2, 0) is 0 Å². The zero-order chi connectivity index (χ0) is 10.2. The molecule has 0 rings (SSSR count). The molecule has 0 heteroatoms. The summed E-state index contributed by atoms with van der Waals surface area (Å²) in [7, 11) is 0. The van der Waals surface area contributed by atoms with Crippen LogP contribution < -0.4 is 0 Å². The fraction of sp³-hybridized carbons (Fsp3) is 0.923. The SMILES string of the molecule is [CH2]CCC(CCC)(CCC)CCC. The van der Waals surface area contributed by atoms with Crippen LogP contribution in [0.5, 0.6) is 0 Å². The van der Waals surface area contributed by atoms with Crippen molar-refractivity contribution in [3.05, 3.63) is 6.92 Å². The molecule has 1 radical (unpaired) electrons. The predicted molar refractivity (Wildman–Crippen MR) is 61.7 cm³/mol. The fourth-order valence-corrected chi connectivity index (χ4v) is 2.72. The number of hydrogen-bond acceptors (Lipinski definition) is 0. The molecule has 0 aromatic rings. The van der Waals surface area contributed by atoms with Gasteiger partial charge >= 0.3 is 0 Å². The quantitative estimate of drug-likeness (QED) is 0.497. The van der Waals surface area contributed by atoms with Crippen molar-refractivity contribution in [2.24, 2.45) is 5.41 Å². The molecule has 0 nitrogen and oxygen atoms in total. The zero-order valence-electron chi connectivity index (χ0n) is 9.86. The maximum absolute atomic E-state index is 4.02. The van der Waals surface area contributed by atoms with E-state index in [2.05, 4.69) is 27.7 Å². The molecule has 0 aromatic heterocycles. The normalized spacial score (nSPS) is 12.0. The summed E-state index contributed by atoms with van der Waals surface area (Å²) in [6.45, 7) is 10.9. The van der Waals surface area contributed by atoms with E-state index < -0.39 is 0 Å². The molecule has 0 unspecified atom stereocenters. The van der Waals surface area contributed by atoms with Crippen LogP contribution in [0, 0.1) is 12.3 Å². The second kappa shape index (κ2) is 7.41. The number of hydrogen-bond donors (Lipinski definition) is 0. The van der Waals surface area contributed by atoms with Crippen LogP contribution >= 0.6 is 0 Å². The molecule has 0 N–H and O–H groups in total. The minimum absolute atomic E-state index is 0.639. The van der Waals surface area contributed by atoms with Gasteiger partial charge < -0.3 is 0 Å². The van der Waals surface area contributed by atoms with Crippen molar-refractivity contribution in [1.82, 2.24) is 0 Å². The van der Waals surface area contributed by atoms with Crippen LogP contribution in [0.4, 0.5) is 0 Å². The van der Waals surface area contributed by atoms with E-state index in [0.29, 0.717) is 5.41 Å². The van der Waals surface area contributed by atoms with Crippen molar-refractivity contribution < 1.29 is 0 Å². The Morgan fingerprint density at radius 3 is 1.38 bits per heavy atom. The molecule has 0 amide bonds. The molecule has 0 aliphatic heterocycles. The minimum Gasteiger partial charge on any atom is -0.0654 e. The lowest BCUT2D eigenvalue weighted by Crippen LogP contribution is -2.20. The number of rotatable bonds is 8. The molecular weight excluding hydrogens is 156 g/mol. The molecule has 0 atom stereocenters. The Bertz CT molecular complexity index is 75.1. The van der Waals surface area contributed by atoms with E-state index in [0.717, 1.165) is 6.42 Å². The molecular formula is C13H27. The van der Waals surface area contributed by atoms with E-state index >= 15 is 0 Å². The summed E-state index contributed by atoms with van der Waals surface area (Å²) in [6.07, 6.45) is 10.7. The lowest BCUT2D eigenvalue weighted by Gasteiger charge is -2.33. The molecule has 13 heavy (non-hydrogen) atoms. The summed E-state index contributed by atoms with van der Waals surface area (Å²) in [5.74, 6) is 0. The first-order chi connectivity index (χ1) is 6.24. The van der Waals surface area contributed by atoms with Crippen molar-refractivity contribution >= 4 is 0 Å². The van der Waals surface area contributed by atoms with E-state index in [9.17, 15) is 0 Å². The average Bonchev–Trinajstić information content (AvgIpc) is 2.06. The average molecular weight is 183 g/mol. The molecule has 0 spiro atoms. The first-order valence-electron chi connectivity index (χ1n) is 6.04. The standard InChI is InChI=1S/C13H27/c1-5-9-13(10-6-2,11-7-3)12-8-4/h1,5-12H2,2-4H3. The van der Waals surface area contributed by atoms with E-state index in [1.165, 1.54) is 44.9 Å². The minimum atomic E-state index is 0.639. The molecule has 0 heterocycles. The lowest BCUT2D eigenvalue weighted by atomic mass is 9.72. The zero-order valence-corrected chi connectivity index (χ0v) is 9.86. The van der Waals surface area contributed by atoms with Gasteiger partial charge in [0.25, 0.3) is 0 Å². The van der Waals surface area contributed by atoms with Gasteiger partial charge in [-0.3, -0.25) is 0 Å². The highest BCUT2D eigenvalue weighted by Gasteiger charge is 2.25. The Morgan fingerprint density at radius 2 is 1.15 bits per heavy atom. The second-order valence-corrected chi connectivity index (χ2v) is 4.35. The van der Waals surface area contributed by atoms with Crippen LogP contribution in [0.1, 0.15) is 72.1 Å². The summed E-state index contributed by atoms with van der Waals surface area (Å²) >= 11 is 0. The van der Waals surface area contributed by atoms with Gasteiger partial charge in [0.1, 0.15) is 0 Å². The molecule has 0 aromatic carbocycles. The first kappa shape index (κ1) is 13.0. The van der Waals surface area contributed by atoms with Crippen LogP contribution in [0.2, 0.25) is 0 Å². The Hall–Kier alpha value is 0. The molecule has 79 valence electrons. The monoisotopic (exact) mass is 183 g/mol. The van der Waals surface area contributed by atoms with Crippen molar-refractivity contribution in [2.75, 3.05) is 0 Å². The Morgan fingerprint density at radius 1 is 0.769 bits per heavy atom. The van der Waals surface area contributed by atoms with Gasteiger partial charge in [-0.2, -0.15) is 0 Å². The summed E-state index contributed by atoms with van der Waals surface area (Å²) in [6, 6.07) is 0. The molecule has 0 saturated heterocycles. The molecule has 0 bridgehead atoms. The van der Waals surface area contributed by atoms with E-state index in [4.69, 9.17) is 0 Å². The Kier molecular flexibility index (Phi) is 7.41. The van der Waals surface area contributed by atoms with Gasteiger partial charge in [-0.25, -0.2) is 0 Å². The Balaban J connectivity index is 4.19. The fourth-order valence-electron chi connectivity index (χ4n) is 2.72. The van der Waals surface area contributed by atoms with Gasteiger partial charge in [-0.05, 0) is 31.1 Å². The third kappa shape index (κ3) is 4.69. The van der Waals surface area contributed by atoms with E-state index in [-0.39, 0.29) is 0 Å². The summed E-state index contributed by atoms with van der Waals surface area (Å²) in [5, 5.41) is 0. The summed E-state index contributed by atoms with van der Waals surface area (Å²) in [5.41, 5.74) is 0.639. The second-order valence-electron chi connectivity index (χ2n) is 4.35. The first-order valence-corrected chi connectivity index (χ1v) is 6.04. The molecule has 0 aliphatic carbocycles. The highest BCUT2D eigenvalue weighted by molar-refractivity contribution is 4.78. The van der Waals surface area contributed by atoms with E-state index in [1.54, 1.807) is 0 Å². The highest BCUT2D eigenvalue weighted by atomic mass is 14.3. The smallest absolute Gasteiger partial charge is 0.0298 e. The van der Waals surface area contributed by atoms with Gasteiger partial charge in [0, 0.05) is 0 Å². The van der Waals surface area contributed by atoms with Gasteiger partial charge in [-0.15, -0.1) is 0 Å². The topological polar surface area (TPSA) is 0 Å². The van der Waals surface area contributed by atoms with Crippen LogP contribution in [-0.4, -0.2) is 0 Å². The van der Waals surface area contributed by atoms with Gasteiger partial charge in [0.15, 0.2) is 0 Å². The maximum Gasteiger partial charge on any atom is -0.0298 e. The Labute approximate surface area is 85.1 Å². The van der Waals surface area contributed by atoms with Crippen LogP contribution in [0.3, 0.4) is 0 Å². The third-order valence-corrected chi connectivity index (χ3v) is 3.05. The van der Waals surface area contributed by atoms with Crippen LogP contribution in [0.25, 0.3) is 0 Å². The lowest BCUT2D eigenvalue weighted by molar-refractivity contribution is 0.194. The predicted octanol–water partition coefficient (Wildman–Crippen LogP) is 4.99. The van der Waals surface area contributed by atoms with E-state index in [1.807, 2.05) is 0 Å². The van der Waals surface area contributed by atoms with Gasteiger partial charge in [0.2, 0.25) is 0 Å². The van der Waals surface area contributed by atoms with Crippen LogP contribution in [0.15, 0.2) is 0 Å². The van der Waals surface area contributed by atoms with Crippen molar-refractivity contribution in [2.45, 2.75) is 72.1 Å². The van der Waals surface area contributed by atoms with Crippen molar-refractivity contribution in [3.8, 4) is 0 Å². The summed E-state index contributed by atoms with van der Waals surface area (Å²) < 4.78 is 0. The molecule has 0 fully saturated rings. The van der Waals surface area contributed by atoms with Gasteiger partial charge in [-0.1, -0.05) is 53.4 Å². The summed E-state index contributed by atoms with van der Waals surface area (Å²) in [4.78, 5) is 0. The van der Waals surface area contributed by atoms with Crippen molar-refractivity contribution in [1.29, 1.82) is 0 Å². The largest absolute Gasteiger partial charge is 0.0654 e. The van der Waals surface area contributed by atoms with Crippen molar-refractivity contribution in [3.63, 3.8) is 0 Å². The molecule has 0 aliphatic rings. The van der Waals surface area contributed by atoms with Gasteiger partial charge in [0.05, 0.1) is 0 Å². The molecule has 0 saturated carbocycles. The third-order valence-electron chi connectivity index (χ3n) is 3.05.